The van der Waals surface area contributed by atoms with E-state index in [1.54, 1.807) is 19.2 Å². The van der Waals surface area contributed by atoms with Gasteiger partial charge >= 0.3 is 0 Å². The van der Waals surface area contributed by atoms with Crippen LogP contribution in [0.15, 0.2) is 40.5 Å². The molecule has 2 rings (SSSR count). The van der Waals surface area contributed by atoms with E-state index in [0.717, 1.165) is 42.8 Å². The molecule has 0 atom stereocenters. The van der Waals surface area contributed by atoms with E-state index in [2.05, 4.69) is 49.1 Å². The van der Waals surface area contributed by atoms with Crippen LogP contribution >= 0.6 is 0 Å². The second kappa shape index (κ2) is 15.5. The fourth-order valence-electron chi connectivity index (χ4n) is 2.74. The molecule has 5 heteroatoms. The summed E-state index contributed by atoms with van der Waals surface area (Å²) in [5, 5.41) is 11.6. The normalized spacial score (nSPS) is 12.3. The van der Waals surface area contributed by atoms with Crippen LogP contribution < -0.4 is 5.32 Å². The number of hydrogen-bond donors (Lipinski definition) is 1. The Morgan fingerprint density at radius 1 is 1.21 bits per heavy atom. The average Bonchev–Trinajstić information content (AvgIpc) is 3.17. The molecule has 29 heavy (non-hydrogen) atoms. The maximum Gasteiger partial charge on any atom is 0.269 e. The Morgan fingerprint density at radius 3 is 2.28 bits per heavy atom. The SMILES string of the molecule is CC.CCC.CCCCN(C)CC1=C(C(=O)NC)N=C(c2ccc(C#N)cc2)C1. The summed E-state index contributed by atoms with van der Waals surface area (Å²) in [5.74, 6) is -0.141. The average molecular weight is 399 g/mol. The topological polar surface area (TPSA) is 68.5 Å². The summed E-state index contributed by atoms with van der Waals surface area (Å²) in [7, 11) is 3.70. The highest BCUT2D eigenvalue weighted by molar-refractivity contribution is 6.09. The van der Waals surface area contributed by atoms with Crippen LogP contribution in [0, 0.1) is 11.3 Å². The number of amides is 1. The maximum absolute atomic E-state index is 12.2. The number of nitrogens with zero attached hydrogens (tertiary/aromatic N) is 3. The van der Waals surface area contributed by atoms with Gasteiger partial charge in [0.25, 0.3) is 5.91 Å². The molecule has 1 aromatic rings. The molecule has 160 valence electrons. The van der Waals surface area contributed by atoms with Crippen LogP contribution in [-0.4, -0.2) is 43.7 Å². The van der Waals surface area contributed by atoms with Crippen molar-refractivity contribution in [3.63, 3.8) is 0 Å². The second-order valence-electron chi connectivity index (χ2n) is 6.75. The highest BCUT2D eigenvalue weighted by atomic mass is 16.1. The van der Waals surface area contributed by atoms with Gasteiger partial charge in [0.2, 0.25) is 0 Å². The van der Waals surface area contributed by atoms with E-state index in [9.17, 15) is 4.79 Å². The molecule has 0 aromatic heterocycles. The van der Waals surface area contributed by atoms with Crippen LogP contribution in [0.25, 0.3) is 0 Å². The van der Waals surface area contributed by atoms with Crippen LogP contribution in [0.5, 0.6) is 0 Å². The quantitative estimate of drug-likeness (QED) is 0.708. The van der Waals surface area contributed by atoms with E-state index in [1.165, 1.54) is 6.42 Å². The fourth-order valence-corrected chi connectivity index (χ4v) is 2.74. The fraction of sp³-hybridized carbons (Fsp3) is 0.542. The third-order valence-electron chi connectivity index (χ3n) is 4.11. The van der Waals surface area contributed by atoms with Gasteiger partial charge in [0, 0.05) is 20.0 Å². The van der Waals surface area contributed by atoms with Crippen LogP contribution in [0.2, 0.25) is 0 Å². The van der Waals surface area contributed by atoms with Gasteiger partial charge in [-0.3, -0.25) is 4.79 Å². The van der Waals surface area contributed by atoms with Crippen molar-refractivity contribution in [3.8, 4) is 6.07 Å². The Balaban J connectivity index is 0.00000143. The van der Waals surface area contributed by atoms with Crippen LogP contribution in [0.1, 0.15) is 71.4 Å². The van der Waals surface area contributed by atoms with Gasteiger partial charge in [0.15, 0.2) is 0 Å². The smallest absolute Gasteiger partial charge is 0.269 e. The molecule has 1 amide bonds. The molecular weight excluding hydrogens is 360 g/mol. The molecule has 1 heterocycles. The molecule has 0 saturated carbocycles. The molecule has 0 unspecified atom stereocenters. The zero-order valence-electron chi connectivity index (χ0n) is 19.3. The minimum atomic E-state index is -0.141. The summed E-state index contributed by atoms with van der Waals surface area (Å²) in [6.45, 7) is 12.2. The lowest BCUT2D eigenvalue weighted by molar-refractivity contribution is -0.117. The van der Waals surface area contributed by atoms with Crippen molar-refractivity contribution in [1.29, 1.82) is 5.26 Å². The zero-order valence-corrected chi connectivity index (χ0v) is 19.3. The summed E-state index contributed by atoms with van der Waals surface area (Å²) in [4.78, 5) is 19.0. The van der Waals surface area contributed by atoms with Gasteiger partial charge in [-0.25, -0.2) is 4.99 Å². The number of benzene rings is 1. The molecule has 0 bridgehead atoms. The first-order valence-electron chi connectivity index (χ1n) is 10.7. The van der Waals surface area contributed by atoms with Gasteiger partial charge in [0.05, 0.1) is 17.3 Å². The summed E-state index contributed by atoms with van der Waals surface area (Å²) < 4.78 is 0. The molecular formula is C24H38N4O. The first kappa shape index (κ1) is 26.6. The minimum absolute atomic E-state index is 0.141. The molecule has 1 N–H and O–H groups in total. The summed E-state index contributed by atoms with van der Waals surface area (Å²) in [6.07, 6.45) is 4.21. The van der Waals surface area contributed by atoms with Crippen molar-refractivity contribution >= 4 is 11.6 Å². The van der Waals surface area contributed by atoms with E-state index in [-0.39, 0.29) is 5.91 Å². The molecule has 0 fully saturated rings. The third-order valence-corrected chi connectivity index (χ3v) is 4.11. The lowest BCUT2D eigenvalue weighted by Gasteiger charge is -2.17. The Bertz CT molecular complexity index is 711. The van der Waals surface area contributed by atoms with Crippen molar-refractivity contribution in [2.24, 2.45) is 4.99 Å². The Morgan fingerprint density at radius 2 is 1.79 bits per heavy atom. The van der Waals surface area contributed by atoms with Gasteiger partial charge in [0.1, 0.15) is 5.70 Å². The van der Waals surface area contributed by atoms with Crippen LogP contribution in [-0.2, 0) is 4.79 Å². The summed E-state index contributed by atoms with van der Waals surface area (Å²) >= 11 is 0. The van der Waals surface area contributed by atoms with Crippen molar-refractivity contribution in [1.82, 2.24) is 10.2 Å². The molecule has 1 aromatic carbocycles. The molecule has 1 aliphatic rings. The highest BCUT2D eigenvalue weighted by Gasteiger charge is 2.24. The second-order valence-corrected chi connectivity index (χ2v) is 6.75. The Labute approximate surface area is 177 Å². The number of nitrogens with one attached hydrogen (secondary N) is 1. The molecule has 0 spiro atoms. The lowest BCUT2D eigenvalue weighted by Crippen LogP contribution is -2.25. The number of rotatable bonds is 7. The van der Waals surface area contributed by atoms with Gasteiger partial charge in [-0.05, 0) is 43.3 Å². The molecule has 5 nitrogen and oxygen atoms in total. The number of hydrogen-bond acceptors (Lipinski definition) is 4. The van der Waals surface area contributed by atoms with E-state index in [4.69, 9.17) is 5.26 Å². The van der Waals surface area contributed by atoms with E-state index >= 15 is 0 Å². The lowest BCUT2D eigenvalue weighted by atomic mass is 10.0. The monoisotopic (exact) mass is 398 g/mol. The van der Waals surface area contributed by atoms with Crippen molar-refractivity contribution in [2.75, 3.05) is 27.2 Å². The van der Waals surface area contributed by atoms with Gasteiger partial charge < -0.3 is 10.2 Å². The molecule has 0 saturated heterocycles. The largest absolute Gasteiger partial charge is 0.354 e. The first-order chi connectivity index (χ1) is 14.0. The summed E-state index contributed by atoms with van der Waals surface area (Å²) in [5.41, 5.74) is 4.04. The predicted molar refractivity (Wildman–Crippen MR) is 123 cm³/mol. The third kappa shape index (κ3) is 9.06. The highest BCUT2D eigenvalue weighted by Crippen LogP contribution is 2.25. The Hall–Kier alpha value is -2.45. The summed E-state index contributed by atoms with van der Waals surface area (Å²) in [6, 6.07) is 9.46. The molecule has 0 radical (unpaired) electrons. The number of likely N-dealkylation sites (N-methyl/N-ethyl adjacent to an activating group) is 2. The number of nitriles is 1. The van der Waals surface area contributed by atoms with Gasteiger partial charge in [-0.1, -0.05) is 59.6 Å². The standard InChI is InChI=1S/C19H24N4O.C3H8.C2H6/c1-4-5-10-23(3)13-16-11-17(22-18(16)19(24)21-2)15-8-6-14(12-20)7-9-15;1-3-2;1-2/h6-9H,4-5,10-11,13H2,1-3H3,(H,21,24);3H2,1-2H3;1-2H3. The molecule has 0 aliphatic carbocycles. The van der Waals surface area contributed by atoms with Gasteiger partial charge in [-0.2, -0.15) is 5.26 Å². The minimum Gasteiger partial charge on any atom is -0.354 e. The van der Waals surface area contributed by atoms with Crippen LogP contribution in [0.4, 0.5) is 0 Å². The first-order valence-corrected chi connectivity index (χ1v) is 10.7. The van der Waals surface area contributed by atoms with Crippen LogP contribution in [0.3, 0.4) is 0 Å². The van der Waals surface area contributed by atoms with Crippen molar-refractivity contribution in [2.45, 2.75) is 60.3 Å². The number of carbonyl (C=O) groups excluding carboxylic acids is 1. The number of unbranched alkanes of at least 4 members (excludes halogenated alkanes) is 1. The van der Waals surface area contributed by atoms with Crippen molar-refractivity contribution < 1.29 is 4.79 Å². The zero-order chi connectivity index (χ0) is 22.2. The molecule has 1 aliphatic heterocycles. The Kier molecular flexibility index (Phi) is 14.2. The predicted octanol–water partition coefficient (Wildman–Crippen LogP) is 4.93. The van der Waals surface area contributed by atoms with Crippen molar-refractivity contribution in [3.05, 3.63) is 46.7 Å². The maximum atomic E-state index is 12.2. The van der Waals surface area contributed by atoms with E-state index in [1.807, 2.05) is 26.0 Å². The number of carbonyl (C=O) groups is 1. The number of aliphatic imine (C=N–C) groups is 1. The van der Waals surface area contributed by atoms with Gasteiger partial charge in [-0.15, -0.1) is 0 Å². The van der Waals surface area contributed by atoms with E-state index in [0.29, 0.717) is 17.7 Å². The van der Waals surface area contributed by atoms with E-state index < -0.39 is 0 Å².